The van der Waals surface area contributed by atoms with Crippen LogP contribution in [0.2, 0.25) is 0 Å². The van der Waals surface area contributed by atoms with Crippen LogP contribution < -0.4 is 4.90 Å². The molecule has 1 aromatic carbocycles. The van der Waals surface area contributed by atoms with Crippen molar-refractivity contribution in [1.29, 1.82) is 0 Å². The minimum atomic E-state index is -3.77. The molecule has 3 aromatic rings. The summed E-state index contributed by atoms with van der Waals surface area (Å²) in [6.45, 7) is 4.23. The van der Waals surface area contributed by atoms with E-state index in [0.717, 1.165) is 6.42 Å². The average Bonchev–Trinajstić information content (AvgIpc) is 3.36. The summed E-state index contributed by atoms with van der Waals surface area (Å²) in [6, 6.07) is 8.14. The first-order valence-corrected chi connectivity index (χ1v) is 11.3. The van der Waals surface area contributed by atoms with Crippen LogP contribution in [0.25, 0.3) is 11.3 Å². The van der Waals surface area contributed by atoms with Crippen LogP contribution in [0.4, 0.5) is 5.69 Å². The molecule has 10 heteroatoms. The molecule has 0 bridgehead atoms. The van der Waals surface area contributed by atoms with Crippen LogP contribution in [0, 0.1) is 13.8 Å². The fraction of sp³-hybridized carbons (Fsp3) is 0.333. The van der Waals surface area contributed by atoms with Crippen molar-refractivity contribution in [2.24, 2.45) is 0 Å². The Morgan fingerprint density at radius 3 is 2.55 bits per heavy atom. The van der Waals surface area contributed by atoms with E-state index in [9.17, 15) is 13.2 Å². The number of amides is 1. The number of carbonyl (C=O) groups excluding carboxylic acids is 1. The van der Waals surface area contributed by atoms with Crippen LogP contribution >= 0.6 is 0 Å². The van der Waals surface area contributed by atoms with Crippen molar-refractivity contribution >= 4 is 21.6 Å². The molecule has 0 spiro atoms. The number of hydrogen-bond donors (Lipinski definition) is 0. The fourth-order valence-corrected chi connectivity index (χ4v) is 4.66. The molecule has 1 aliphatic rings. The summed E-state index contributed by atoms with van der Waals surface area (Å²) in [4.78, 5) is 22.4. The number of anilines is 1. The molecule has 2 aromatic heterocycles. The Kier molecular flexibility index (Phi) is 5.59. The fourth-order valence-electron chi connectivity index (χ4n) is 3.53. The van der Waals surface area contributed by atoms with Crippen molar-refractivity contribution in [2.45, 2.75) is 38.1 Å². The molecule has 162 valence electrons. The molecule has 1 aliphatic heterocycles. The molecule has 0 aliphatic carbocycles. The predicted octanol–water partition coefficient (Wildman–Crippen LogP) is 2.70. The van der Waals surface area contributed by atoms with Gasteiger partial charge in [-0.3, -0.25) is 4.79 Å². The number of nitrogens with zero attached hydrogens (tertiary/aromatic N) is 5. The molecular weight excluding hydrogens is 418 g/mol. The Labute approximate surface area is 180 Å². The van der Waals surface area contributed by atoms with E-state index in [0.29, 0.717) is 47.2 Å². The van der Waals surface area contributed by atoms with E-state index < -0.39 is 10.0 Å². The van der Waals surface area contributed by atoms with Gasteiger partial charge in [0.05, 0.1) is 28.4 Å². The maximum atomic E-state index is 13.1. The van der Waals surface area contributed by atoms with Gasteiger partial charge >= 0.3 is 0 Å². The van der Waals surface area contributed by atoms with Gasteiger partial charge in [0.1, 0.15) is 5.82 Å². The SMILES string of the molecule is Cc1cc(-c2cnc(C)nc2CN(C)S(=O)(=O)c2ccc(N3CCCC3=O)cc2)on1. The summed E-state index contributed by atoms with van der Waals surface area (Å²) in [6.07, 6.45) is 2.95. The maximum absolute atomic E-state index is 13.1. The summed E-state index contributed by atoms with van der Waals surface area (Å²) < 4.78 is 32.8. The monoisotopic (exact) mass is 441 g/mol. The Morgan fingerprint density at radius 2 is 1.94 bits per heavy atom. The summed E-state index contributed by atoms with van der Waals surface area (Å²) in [5.41, 5.74) is 2.53. The highest BCUT2D eigenvalue weighted by Gasteiger charge is 2.26. The van der Waals surface area contributed by atoms with Gasteiger partial charge in [-0.15, -0.1) is 0 Å². The lowest BCUT2D eigenvalue weighted by Gasteiger charge is -2.19. The quantitative estimate of drug-likeness (QED) is 0.578. The Morgan fingerprint density at radius 1 is 1.19 bits per heavy atom. The first-order valence-electron chi connectivity index (χ1n) is 9.88. The van der Waals surface area contributed by atoms with E-state index in [1.165, 1.54) is 23.5 Å². The van der Waals surface area contributed by atoms with E-state index in [4.69, 9.17) is 4.52 Å². The van der Waals surface area contributed by atoms with Crippen molar-refractivity contribution in [2.75, 3.05) is 18.5 Å². The molecule has 1 amide bonds. The number of aryl methyl sites for hydroxylation is 2. The number of carbonyl (C=O) groups is 1. The molecule has 9 nitrogen and oxygen atoms in total. The summed E-state index contributed by atoms with van der Waals surface area (Å²) in [5, 5.41) is 3.89. The summed E-state index contributed by atoms with van der Waals surface area (Å²) >= 11 is 0. The molecule has 0 atom stereocenters. The highest BCUT2D eigenvalue weighted by Crippen LogP contribution is 2.27. The van der Waals surface area contributed by atoms with Crippen LogP contribution in [0.3, 0.4) is 0 Å². The van der Waals surface area contributed by atoms with Crippen molar-refractivity contribution in [3.05, 3.63) is 53.7 Å². The lowest BCUT2D eigenvalue weighted by Crippen LogP contribution is -2.28. The van der Waals surface area contributed by atoms with E-state index in [2.05, 4.69) is 15.1 Å². The minimum Gasteiger partial charge on any atom is -0.356 e. The third-order valence-corrected chi connectivity index (χ3v) is 7.00. The van der Waals surface area contributed by atoms with Gasteiger partial charge in [0, 0.05) is 38.0 Å². The number of aromatic nitrogens is 3. The Bertz CT molecular complexity index is 1220. The van der Waals surface area contributed by atoms with Gasteiger partial charge in [-0.1, -0.05) is 5.16 Å². The summed E-state index contributed by atoms with van der Waals surface area (Å²) in [5.74, 6) is 1.07. The number of hydrogen-bond acceptors (Lipinski definition) is 7. The first kappa shape index (κ1) is 21.1. The predicted molar refractivity (Wildman–Crippen MR) is 114 cm³/mol. The second-order valence-corrected chi connectivity index (χ2v) is 9.56. The first-order chi connectivity index (χ1) is 14.8. The lowest BCUT2D eigenvalue weighted by atomic mass is 10.1. The van der Waals surface area contributed by atoms with E-state index in [1.807, 2.05) is 0 Å². The van der Waals surface area contributed by atoms with Gasteiger partial charge in [-0.25, -0.2) is 18.4 Å². The highest BCUT2D eigenvalue weighted by atomic mass is 32.2. The van der Waals surface area contributed by atoms with Crippen molar-refractivity contribution in [1.82, 2.24) is 19.4 Å². The molecule has 0 saturated carbocycles. The standard InChI is InChI=1S/C21H23N5O4S/c1-14-11-20(30-24-14)18-12-22-15(2)23-19(18)13-25(3)31(28,29)17-8-6-16(7-9-17)26-10-4-5-21(26)27/h6-9,11-12H,4-5,10,13H2,1-3H3. The Hall–Kier alpha value is -3.11. The minimum absolute atomic E-state index is 0.0349. The van der Waals surface area contributed by atoms with Crippen LogP contribution in [0.1, 0.15) is 30.1 Å². The zero-order valence-electron chi connectivity index (χ0n) is 17.6. The summed E-state index contributed by atoms with van der Waals surface area (Å²) in [7, 11) is -2.27. The van der Waals surface area contributed by atoms with Gasteiger partial charge in [0.15, 0.2) is 5.76 Å². The van der Waals surface area contributed by atoms with Crippen LogP contribution in [-0.4, -0.2) is 47.3 Å². The van der Waals surface area contributed by atoms with E-state index in [-0.39, 0.29) is 17.3 Å². The number of rotatable bonds is 6. The highest BCUT2D eigenvalue weighted by molar-refractivity contribution is 7.89. The van der Waals surface area contributed by atoms with Crippen LogP contribution in [0.5, 0.6) is 0 Å². The van der Waals surface area contributed by atoms with Crippen molar-refractivity contribution in [3.8, 4) is 11.3 Å². The molecule has 0 N–H and O–H groups in total. The molecule has 1 fully saturated rings. The van der Waals surface area contributed by atoms with Gasteiger partial charge in [-0.05, 0) is 44.5 Å². The zero-order valence-corrected chi connectivity index (χ0v) is 18.4. The second-order valence-electron chi connectivity index (χ2n) is 7.51. The smallest absolute Gasteiger partial charge is 0.243 e. The average molecular weight is 442 g/mol. The molecule has 0 radical (unpaired) electrons. The second kappa shape index (κ2) is 8.20. The molecule has 4 rings (SSSR count). The zero-order chi connectivity index (χ0) is 22.2. The van der Waals surface area contributed by atoms with Crippen LogP contribution in [-0.2, 0) is 21.4 Å². The van der Waals surface area contributed by atoms with Crippen molar-refractivity contribution in [3.63, 3.8) is 0 Å². The largest absolute Gasteiger partial charge is 0.356 e. The van der Waals surface area contributed by atoms with E-state index >= 15 is 0 Å². The van der Waals surface area contributed by atoms with Gasteiger partial charge in [-0.2, -0.15) is 4.31 Å². The normalized spacial score (nSPS) is 14.6. The number of benzene rings is 1. The molecule has 1 saturated heterocycles. The third-order valence-electron chi connectivity index (χ3n) is 5.18. The topological polar surface area (TPSA) is 110 Å². The Balaban J connectivity index is 1.59. The third kappa shape index (κ3) is 4.21. The number of sulfonamides is 1. The molecule has 3 heterocycles. The lowest BCUT2D eigenvalue weighted by molar-refractivity contribution is -0.117. The maximum Gasteiger partial charge on any atom is 0.243 e. The van der Waals surface area contributed by atoms with Crippen molar-refractivity contribution < 1.29 is 17.7 Å². The molecule has 31 heavy (non-hydrogen) atoms. The van der Waals surface area contributed by atoms with Gasteiger partial charge in [0.25, 0.3) is 0 Å². The molecule has 0 unspecified atom stereocenters. The van der Waals surface area contributed by atoms with Gasteiger partial charge in [0.2, 0.25) is 15.9 Å². The van der Waals surface area contributed by atoms with E-state index in [1.54, 1.807) is 43.1 Å². The molecular formula is C21H23N5O4S. The van der Waals surface area contributed by atoms with Crippen LogP contribution in [0.15, 0.2) is 45.9 Å². The van der Waals surface area contributed by atoms with Gasteiger partial charge < -0.3 is 9.42 Å².